The first-order chi connectivity index (χ1) is 25.9. The number of carboxylic acid groups (broad SMARTS) is 1. The summed E-state index contributed by atoms with van der Waals surface area (Å²) >= 11 is 12.6. The van der Waals surface area contributed by atoms with E-state index in [-0.39, 0.29) is 40.8 Å². The number of aliphatic hydroxyl groups excluding tert-OH is 1. The predicted octanol–water partition coefficient (Wildman–Crippen LogP) is 5.68. The highest BCUT2D eigenvalue weighted by atomic mass is 35.5. The molecule has 1 saturated carbocycles. The van der Waals surface area contributed by atoms with Crippen molar-refractivity contribution < 1.29 is 48.4 Å². The van der Waals surface area contributed by atoms with E-state index in [1.807, 2.05) is 6.08 Å². The molecule has 0 radical (unpaired) electrons. The number of fused-ring (bicyclic) bond motifs is 4. The average molecular weight is 773 g/mol. The Kier molecular flexibility index (Phi) is 8.55. The number of hydrazine groups is 1. The Morgan fingerprint density at radius 1 is 0.963 bits per heavy atom. The molecule has 2 aliphatic carbocycles. The van der Waals surface area contributed by atoms with Crippen LogP contribution < -0.4 is 15.1 Å². The van der Waals surface area contributed by atoms with Gasteiger partial charge in [0.25, 0.3) is 11.8 Å². The third-order valence-corrected chi connectivity index (χ3v) is 11.7. The van der Waals surface area contributed by atoms with Crippen LogP contribution in [0.15, 0.2) is 88.9 Å². The zero-order chi connectivity index (χ0) is 38.2. The number of rotatable bonds is 8. The van der Waals surface area contributed by atoms with Crippen molar-refractivity contribution in [1.82, 2.24) is 5.01 Å². The lowest BCUT2D eigenvalue weighted by Gasteiger charge is -2.49. The van der Waals surface area contributed by atoms with Gasteiger partial charge in [-0.15, -0.1) is 0 Å². The molecule has 1 aromatic heterocycles. The van der Waals surface area contributed by atoms with Crippen LogP contribution in [0.3, 0.4) is 0 Å². The third-order valence-electron chi connectivity index (χ3n) is 11.2. The monoisotopic (exact) mass is 771 g/mol. The van der Waals surface area contributed by atoms with Gasteiger partial charge in [-0.3, -0.25) is 24.6 Å². The molecule has 2 aliphatic heterocycles. The maximum absolute atomic E-state index is 15.3. The Hall–Kier alpha value is -5.63. The summed E-state index contributed by atoms with van der Waals surface area (Å²) in [5, 5.41) is 31.3. The molecule has 3 heterocycles. The normalized spacial score (nSPS) is 26.0. The highest BCUT2D eigenvalue weighted by Gasteiger charge is 2.71. The quantitative estimate of drug-likeness (QED) is 0.128. The van der Waals surface area contributed by atoms with Crippen molar-refractivity contribution in [2.45, 2.75) is 30.8 Å². The average Bonchev–Trinajstić information content (AvgIpc) is 3.80. The number of aromatic hydroxyl groups is 1. The number of halogens is 2. The molecule has 13 nitrogen and oxygen atoms in total. The van der Waals surface area contributed by atoms with Crippen LogP contribution in [0.25, 0.3) is 0 Å². The smallest absolute Gasteiger partial charge is 0.339 e. The van der Waals surface area contributed by atoms with Crippen LogP contribution in [0.4, 0.5) is 11.4 Å². The summed E-state index contributed by atoms with van der Waals surface area (Å²) in [5.41, 5.74) is 2.20. The highest BCUT2D eigenvalue weighted by molar-refractivity contribution is 6.36. The molecule has 6 unspecified atom stereocenters. The van der Waals surface area contributed by atoms with Crippen LogP contribution in [0.5, 0.6) is 11.5 Å². The lowest BCUT2D eigenvalue weighted by molar-refractivity contribution is -0.138. The molecule has 8 rings (SSSR count). The van der Waals surface area contributed by atoms with Gasteiger partial charge < -0.3 is 24.5 Å². The first kappa shape index (κ1) is 35.4. The van der Waals surface area contributed by atoms with Crippen LogP contribution in [0.1, 0.15) is 46.2 Å². The van der Waals surface area contributed by atoms with Gasteiger partial charge in [-0.05, 0) is 78.9 Å². The van der Waals surface area contributed by atoms with Crippen LogP contribution in [-0.2, 0) is 31.2 Å². The fourth-order valence-electron chi connectivity index (χ4n) is 8.88. The number of amides is 4. The van der Waals surface area contributed by atoms with Crippen LogP contribution in [0.2, 0.25) is 10.0 Å². The molecule has 0 spiro atoms. The van der Waals surface area contributed by atoms with E-state index in [1.165, 1.54) is 25.3 Å². The number of nitrogens with one attached hydrogen (secondary N) is 1. The zero-order valence-corrected chi connectivity index (χ0v) is 29.9. The Morgan fingerprint density at radius 3 is 2.37 bits per heavy atom. The van der Waals surface area contributed by atoms with Gasteiger partial charge in [0, 0.05) is 11.1 Å². The molecule has 15 heteroatoms. The summed E-state index contributed by atoms with van der Waals surface area (Å²) in [6.07, 6.45) is 1.92. The van der Waals surface area contributed by atoms with E-state index < -0.39 is 82.5 Å². The van der Waals surface area contributed by atoms with Gasteiger partial charge in [0.15, 0.2) is 0 Å². The lowest BCUT2D eigenvalue weighted by atomic mass is 9.50. The number of carbonyl (C=O) groups is 5. The molecule has 54 heavy (non-hydrogen) atoms. The van der Waals surface area contributed by atoms with Gasteiger partial charge in [-0.1, -0.05) is 47.0 Å². The number of nitrogens with zero attached hydrogens (tertiary/aromatic N) is 2. The molecular formula is C39H31Cl2N3O10. The molecule has 3 fully saturated rings. The van der Waals surface area contributed by atoms with Crippen molar-refractivity contribution >= 4 is 64.2 Å². The fourth-order valence-corrected chi connectivity index (χ4v) is 9.33. The number of benzene rings is 3. The standard InChI is InChI=1S/C39H31Cl2N3O10/c1-53-21-6-2-18(3-7-21)39-27(35(48)44(38(39)52)42-29-12-4-19(40)14-28(29)41)16-26-23(33(39)31-13-8-22(17-45)54-31)10-11-25-32(26)36(49)43(34(25)47)20-5-9-24(37(50)51)30(46)15-20/h2-10,12-15,25-27,32-33,42,45-46H,11,16-17H2,1H3,(H,50,51). The number of furan rings is 1. The van der Waals surface area contributed by atoms with Crippen LogP contribution in [-0.4, -0.2) is 57.0 Å². The van der Waals surface area contributed by atoms with Gasteiger partial charge >= 0.3 is 5.97 Å². The Bertz CT molecular complexity index is 2310. The molecule has 2 saturated heterocycles. The molecule has 4 N–H and O–H groups in total. The van der Waals surface area contributed by atoms with Crippen LogP contribution in [0, 0.1) is 23.7 Å². The van der Waals surface area contributed by atoms with Crippen molar-refractivity contribution in [3.63, 3.8) is 0 Å². The number of phenols is 1. The Balaban J connectivity index is 1.29. The van der Waals surface area contributed by atoms with E-state index in [1.54, 1.807) is 42.5 Å². The third kappa shape index (κ3) is 5.13. The Labute approximate surface area is 317 Å². The minimum atomic E-state index is -1.65. The van der Waals surface area contributed by atoms with E-state index in [0.29, 0.717) is 21.9 Å². The maximum atomic E-state index is 15.3. The summed E-state index contributed by atoms with van der Waals surface area (Å²) in [6.45, 7) is -0.441. The number of allylic oxidation sites excluding steroid dienone is 2. The van der Waals surface area contributed by atoms with E-state index in [0.717, 1.165) is 22.0 Å². The van der Waals surface area contributed by atoms with E-state index in [9.17, 15) is 34.5 Å². The van der Waals surface area contributed by atoms with Crippen molar-refractivity contribution in [3.05, 3.63) is 117 Å². The van der Waals surface area contributed by atoms with Gasteiger partial charge in [0.1, 0.15) is 40.6 Å². The Morgan fingerprint density at radius 2 is 1.72 bits per heavy atom. The maximum Gasteiger partial charge on any atom is 0.339 e. The van der Waals surface area contributed by atoms with Gasteiger partial charge in [0.2, 0.25) is 11.8 Å². The SMILES string of the molecule is COc1ccc(C23C(=O)N(Nc4ccc(Cl)cc4Cl)C(=O)C2CC2C(=CCC4C(=O)N(c5ccc(C(=O)O)c(O)c5)C(=O)C42)C3c2ccc(CO)o2)cc1. The second kappa shape index (κ2) is 13.0. The first-order valence-electron chi connectivity index (χ1n) is 17.0. The second-order valence-electron chi connectivity index (χ2n) is 13.7. The molecule has 0 bridgehead atoms. The number of hydrogen-bond donors (Lipinski definition) is 4. The molecule has 4 aromatic rings. The first-order valence-corrected chi connectivity index (χ1v) is 17.7. The number of ether oxygens (including phenoxy) is 1. The van der Waals surface area contributed by atoms with Crippen molar-refractivity contribution in [2.75, 3.05) is 17.4 Å². The number of carbonyl (C=O) groups excluding carboxylic acids is 4. The lowest BCUT2D eigenvalue weighted by Crippen LogP contribution is -2.53. The van der Waals surface area contributed by atoms with E-state index in [2.05, 4.69) is 5.43 Å². The molecule has 276 valence electrons. The molecule has 6 atom stereocenters. The van der Waals surface area contributed by atoms with Gasteiger partial charge in [0.05, 0.1) is 47.2 Å². The molecular weight excluding hydrogens is 741 g/mol. The van der Waals surface area contributed by atoms with Crippen molar-refractivity contribution in [3.8, 4) is 11.5 Å². The summed E-state index contributed by atoms with van der Waals surface area (Å²) in [4.78, 5) is 71.1. The van der Waals surface area contributed by atoms with Crippen molar-refractivity contribution in [1.29, 1.82) is 0 Å². The molecule has 4 amide bonds. The number of anilines is 2. The number of aliphatic hydroxyl groups is 1. The number of carboxylic acids is 1. The minimum absolute atomic E-state index is 0.00403. The minimum Gasteiger partial charge on any atom is -0.507 e. The highest BCUT2D eigenvalue weighted by Crippen LogP contribution is 2.64. The van der Waals surface area contributed by atoms with Crippen molar-refractivity contribution in [2.24, 2.45) is 23.7 Å². The summed E-state index contributed by atoms with van der Waals surface area (Å²) < 4.78 is 11.6. The topological polar surface area (TPSA) is 187 Å². The zero-order valence-electron chi connectivity index (χ0n) is 28.4. The number of methoxy groups -OCH3 is 1. The van der Waals surface area contributed by atoms with E-state index >= 15 is 4.79 Å². The number of hydrogen-bond acceptors (Lipinski definition) is 10. The second-order valence-corrected chi connectivity index (χ2v) is 14.5. The number of imide groups is 2. The van der Waals surface area contributed by atoms with Crippen LogP contribution >= 0.6 is 23.2 Å². The molecule has 4 aliphatic rings. The fraction of sp³-hybridized carbons (Fsp3) is 0.256. The van der Waals surface area contributed by atoms with Gasteiger partial charge in [-0.2, -0.15) is 5.01 Å². The largest absolute Gasteiger partial charge is 0.507 e. The molecule has 3 aromatic carbocycles. The summed E-state index contributed by atoms with van der Waals surface area (Å²) in [6, 6.07) is 18.0. The van der Waals surface area contributed by atoms with Gasteiger partial charge in [-0.25, -0.2) is 9.69 Å². The summed E-state index contributed by atoms with van der Waals surface area (Å²) in [5.74, 6) is -8.02. The number of aromatic carboxylic acids is 1. The van der Waals surface area contributed by atoms with E-state index in [4.69, 9.17) is 32.4 Å². The summed E-state index contributed by atoms with van der Waals surface area (Å²) in [7, 11) is 1.50. The predicted molar refractivity (Wildman–Crippen MR) is 193 cm³/mol.